The third-order valence-corrected chi connectivity index (χ3v) is 12.0. The first-order valence-electron chi connectivity index (χ1n) is 23.8. The molecule has 8 N–H and O–H groups in total. The van der Waals surface area contributed by atoms with E-state index in [0.29, 0.717) is 85.3 Å². The number of fused-ring (bicyclic) bond motifs is 1. The molecule has 5 aromatic carbocycles. The fourth-order valence-electron chi connectivity index (χ4n) is 7.90. The third kappa shape index (κ3) is 18.5. The molecule has 3 amide bonds. The van der Waals surface area contributed by atoms with Gasteiger partial charge in [0.1, 0.15) is 11.9 Å². The average Bonchev–Trinajstić information content (AvgIpc) is 3.40. The molecule has 77 heavy (non-hydrogen) atoms. The largest absolute Gasteiger partial charge is 0.506 e. The number of aliphatic hydroxyl groups excluding tert-OH is 1. The average molecular weight is 1080 g/mol. The predicted octanol–water partition coefficient (Wildman–Crippen LogP) is 8.42. The van der Waals surface area contributed by atoms with E-state index in [1.807, 2.05) is 91.9 Å². The molecule has 0 aliphatic carbocycles. The third-order valence-electron chi connectivity index (χ3n) is 12.0. The van der Waals surface area contributed by atoms with Crippen molar-refractivity contribution in [3.8, 4) is 16.9 Å². The zero-order valence-corrected chi connectivity index (χ0v) is 41.5. The number of halogens is 6. The summed E-state index contributed by atoms with van der Waals surface area (Å²) in [4.78, 5) is 75.2. The first-order valence-corrected chi connectivity index (χ1v) is 23.8. The van der Waals surface area contributed by atoms with Gasteiger partial charge in [-0.1, -0.05) is 84.9 Å². The van der Waals surface area contributed by atoms with Gasteiger partial charge in [-0.15, -0.1) is 0 Å². The van der Waals surface area contributed by atoms with Gasteiger partial charge in [0.2, 0.25) is 11.5 Å². The number of benzene rings is 5. The van der Waals surface area contributed by atoms with E-state index in [-0.39, 0.29) is 41.8 Å². The number of carbonyl (C=O) groups is 5. The molecule has 0 unspecified atom stereocenters. The molecular weight excluding hydrogens is 1020 g/mol. The van der Waals surface area contributed by atoms with Gasteiger partial charge in [0.15, 0.2) is 0 Å². The summed E-state index contributed by atoms with van der Waals surface area (Å²) in [6.45, 7) is 4.64. The molecule has 410 valence electrons. The van der Waals surface area contributed by atoms with Crippen molar-refractivity contribution in [3.05, 3.63) is 160 Å². The van der Waals surface area contributed by atoms with Gasteiger partial charge in [-0.25, -0.2) is 14.4 Å². The number of nitrogens with one attached hydrogen (secondary N) is 4. The van der Waals surface area contributed by atoms with E-state index in [2.05, 4.69) is 25.8 Å². The fourth-order valence-corrected chi connectivity index (χ4v) is 7.90. The van der Waals surface area contributed by atoms with E-state index in [9.17, 15) is 55.7 Å². The van der Waals surface area contributed by atoms with Crippen LogP contribution in [0, 0.1) is 0 Å². The Labute approximate surface area is 437 Å². The number of carbonyl (C=O) groups excluding carboxylic acids is 3. The van der Waals surface area contributed by atoms with Crippen molar-refractivity contribution in [1.29, 1.82) is 0 Å². The maximum atomic E-state index is 13.3. The highest BCUT2D eigenvalue weighted by Gasteiger charge is 2.39. The monoisotopic (exact) mass is 1080 g/mol. The van der Waals surface area contributed by atoms with E-state index in [0.717, 1.165) is 22.3 Å². The standard InChI is InChI=1S/C50H54N6O7.2C2HF3O2/c1-33(51-32-45(58)41-19-21-44(57)48-42(41)20-22-46(59)54-48)29-34-15-17-35(18-16-34)31-52-49(61)37-11-8-12-38(30-37)55(2)47(60)25-28-56-26-23-39(24-27-56)63-50(62)53-43-14-7-6-13-40(43)36-9-4-3-5-10-36;2*3-2(4,5)1(6)7/h3-22,30,33,39,45,51,57-58H,23-29,31-32H2,1-2H3,(H,52,61)(H,53,62)(H,54,59);2*(H,6,7)/t33-,45-;;/m0../s1. The molecular formula is C54H56F6N6O11. The number of aromatic hydroxyl groups is 1. The van der Waals surface area contributed by atoms with Gasteiger partial charge in [0.05, 0.1) is 17.3 Å². The lowest BCUT2D eigenvalue weighted by molar-refractivity contribution is -0.193. The second-order valence-corrected chi connectivity index (χ2v) is 17.7. The zero-order chi connectivity index (χ0) is 56.5. The number of amides is 3. The number of aliphatic carboxylic acids is 2. The molecule has 0 radical (unpaired) electrons. The van der Waals surface area contributed by atoms with E-state index < -0.39 is 36.5 Å². The highest BCUT2D eigenvalue weighted by Crippen LogP contribution is 2.30. The Morgan fingerprint density at radius 2 is 1.40 bits per heavy atom. The summed E-state index contributed by atoms with van der Waals surface area (Å²) in [5, 5.41) is 45.2. The van der Waals surface area contributed by atoms with Crippen LogP contribution in [0.25, 0.3) is 22.0 Å². The van der Waals surface area contributed by atoms with Gasteiger partial charge in [0.25, 0.3) is 5.91 Å². The number of piperidine rings is 1. The van der Waals surface area contributed by atoms with Gasteiger partial charge in [0, 0.05) is 80.5 Å². The quantitative estimate of drug-likeness (QED) is 0.0425. The number of pyridine rings is 1. The normalized spacial score (nSPS) is 13.6. The number of hydrogen-bond acceptors (Lipinski definition) is 11. The number of anilines is 2. The molecule has 2 heterocycles. The number of rotatable bonds is 16. The molecule has 1 aliphatic rings. The summed E-state index contributed by atoms with van der Waals surface area (Å²) in [5.41, 5.74) is 6.31. The van der Waals surface area contributed by atoms with Crippen LogP contribution in [0.3, 0.4) is 0 Å². The summed E-state index contributed by atoms with van der Waals surface area (Å²) >= 11 is 0. The minimum absolute atomic E-state index is 0.0419. The van der Waals surface area contributed by atoms with Gasteiger partial charge in [-0.2, -0.15) is 26.3 Å². The lowest BCUT2D eigenvalue weighted by Crippen LogP contribution is -2.40. The lowest BCUT2D eigenvalue weighted by atomic mass is 10.0. The smallest absolute Gasteiger partial charge is 0.490 e. The molecule has 2 atom stereocenters. The van der Waals surface area contributed by atoms with Crippen molar-refractivity contribution >= 4 is 52.1 Å². The number of para-hydroxylation sites is 1. The second kappa shape index (κ2) is 27.5. The van der Waals surface area contributed by atoms with Crippen LogP contribution in [0.4, 0.5) is 42.5 Å². The molecule has 0 spiro atoms. The van der Waals surface area contributed by atoms with Crippen LogP contribution in [-0.2, 0) is 32.1 Å². The summed E-state index contributed by atoms with van der Waals surface area (Å²) in [6, 6.07) is 38.7. The molecule has 1 aliphatic heterocycles. The lowest BCUT2D eigenvalue weighted by Gasteiger charge is -2.31. The van der Waals surface area contributed by atoms with Crippen LogP contribution in [0.5, 0.6) is 5.75 Å². The minimum atomic E-state index is -5.08. The number of carboxylic acids is 2. The van der Waals surface area contributed by atoms with Crippen molar-refractivity contribution < 1.29 is 75.5 Å². The summed E-state index contributed by atoms with van der Waals surface area (Å²) < 4.78 is 69.3. The predicted molar refractivity (Wildman–Crippen MR) is 273 cm³/mol. The van der Waals surface area contributed by atoms with E-state index in [1.54, 1.807) is 42.3 Å². The van der Waals surface area contributed by atoms with Crippen LogP contribution in [-0.4, -0.2) is 118 Å². The Hall–Kier alpha value is -8.28. The number of aromatic amines is 1. The van der Waals surface area contributed by atoms with Gasteiger partial charge >= 0.3 is 30.4 Å². The molecule has 23 heteroatoms. The zero-order valence-electron chi connectivity index (χ0n) is 41.5. The van der Waals surface area contributed by atoms with Crippen LogP contribution < -0.4 is 26.4 Å². The van der Waals surface area contributed by atoms with Crippen molar-refractivity contribution in [2.24, 2.45) is 0 Å². The number of phenols is 1. The Balaban J connectivity index is 0.000000688. The van der Waals surface area contributed by atoms with Crippen molar-refractivity contribution in [2.45, 2.75) is 69.8 Å². The topological polar surface area (TPSA) is 251 Å². The molecule has 0 saturated carbocycles. The van der Waals surface area contributed by atoms with E-state index in [4.69, 9.17) is 24.5 Å². The number of ether oxygens (including phenoxy) is 1. The van der Waals surface area contributed by atoms with Crippen LogP contribution >= 0.6 is 0 Å². The van der Waals surface area contributed by atoms with Gasteiger partial charge in [-0.3, -0.25) is 19.7 Å². The number of likely N-dealkylation sites (tertiary alicyclic amines) is 1. The SMILES string of the molecule is C[C@@H](Cc1ccc(CNC(=O)c2cccc(N(C)C(=O)CCN3CCC(OC(=O)Nc4ccccc4-c4ccccc4)CC3)c2)cc1)NC[C@H](O)c1ccc(O)c2[nH]c(=O)ccc12.O=C(O)C(F)(F)F.O=C(O)C(F)(F)F. The molecule has 7 rings (SSSR count). The molecule has 6 aromatic rings. The van der Waals surface area contributed by atoms with Crippen LogP contribution in [0.15, 0.2) is 132 Å². The summed E-state index contributed by atoms with van der Waals surface area (Å²) in [6.07, 6.45) is -9.33. The number of phenolic OH excluding ortho intramolecular Hbond substituents is 1. The highest BCUT2D eigenvalue weighted by molar-refractivity contribution is 5.98. The van der Waals surface area contributed by atoms with E-state index >= 15 is 0 Å². The number of hydrogen-bond donors (Lipinski definition) is 8. The number of aromatic nitrogens is 1. The summed E-state index contributed by atoms with van der Waals surface area (Å²) in [7, 11) is 1.72. The molecule has 17 nitrogen and oxygen atoms in total. The van der Waals surface area contributed by atoms with E-state index in [1.165, 1.54) is 12.1 Å². The number of carboxylic acid groups (broad SMARTS) is 2. The first-order chi connectivity index (χ1) is 36.4. The number of H-pyrrole nitrogens is 1. The number of nitrogens with zero attached hydrogens (tertiary/aromatic N) is 2. The fraction of sp³-hybridized carbons (Fsp3) is 0.296. The van der Waals surface area contributed by atoms with Crippen LogP contribution in [0.1, 0.15) is 59.3 Å². The molecule has 1 aromatic heterocycles. The molecule has 0 bridgehead atoms. The Kier molecular flexibility index (Phi) is 21.3. The van der Waals surface area contributed by atoms with Gasteiger partial charge in [-0.05, 0) is 84.8 Å². The Bertz CT molecular complexity index is 3000. The Morgan fingerprint density at radius 3 is 2.04 bits per heavy atom. The molecule has 1 saturated heterocycles. The van der Waals surface area contributed by atoms with Gasteiger partial charge < -0.3 is 50.6 Å². The highest BCUT2D eigenvalue weighted by atomic mass is 19.4. The second-order valence-electron chi connectivity index (χ2n) is 17.7. The first kappa shape index (κ1) is 59.6. The number of aliphatic hydroxyl groups is 1. The summed E-state index contributed by atoms with van der Waals surface area (Å²) in [5.74, 6) is -5.87. The minimum Gasteiger partial charge on any atom is -0.506 e. The van der Waals surface area contributed by atoms with Crippen molar-refractivity contribution in [3.63, 3.8) is 0 Å². The van der Waals surface area contributed by atoms with Crippen molar-refractivity contribution in [2.75, 3.05) is 43.4 Å². The van der Waals surface area contributed by atoms with Crippen LogP contribution in [0.2, 0.25) is 0 Å². The molecule has 1 fully saturated rings. The van der Waals surface area contributed by atoms with Crippen molar-refractivity contribution in [1.82, 2.24) is 20.5 Å². The Morgan fingerprint density at radius 1 is 0.792 bits per heavy atom. The number of alkyl halides is 6. The maximum absolute atomic E-state index is 13.3. The maximum Gasteiger partial charge on any atom is 0.490 e.